The summed E-state index contributed by atoms with van der Waals surface area (Å²) in [6, 6.07) is 10.3. The predicted octanol–water partition coefficient (Wildman–Crippen LogP) is 4.21. The SMILES string of the molecule is Cc1ccc(C(=O)NC2CC2)cc1NC(=O)COc1ccc(Cl)c(Cl)c1. The van der Waals surface area contributed by atoms with Crippen molar-refractivity contribution in [3.8, 4) is 5.75 Å². The molecule has 0 aliphatic heterocycles. The molecule has 2 N–H and O–H groups in total. The summed E-state index contributed by atoms with van der Waals surface area (Å²) >= 11 is 11.8. The molecule has 2 aromatic rings. The van der Waals surface area contributed by atoms with Gasteiger partial charge in [0.25, 0.3) is 11.8 Å². The number of amides is 2. The molecule has 1 fully saturated rings. The highest BCUT2D eigenvalue weighted by molar-refractivity contribution is 6.42. The number of anilines is 1. The summed E-state index contributed by atoms with van der Waals surface area (Å²) in [5, 5.41) is 6.47. The molecule has 0 aromatic heterocycles. The first-order valence-electron chi connectivity index (χ1n) is 8.21. The van der Waals surface area contributed by atoms with Crippen LogP contribution in [0.25, 0.3) is 0 Å². The molecule has 0 heterocycles. The van der Waals surface area contributed by atoms with Gasteiger partial charge in [-0.05, 0) is 49.6 Å². The third-order valence-corrected chi connectivity index (χ3v) is 4.69. The highest BCUT2D eigenvalue weighted by atomic mass is 35.5. The Kier molecular flexibility index (Phi) is 5.69. The monoisotopic (exact) mass is 392 g/mol. The van der Waals surface area contributed by atoms with E-state index in [0.29, 0.717) is 27.0 Å². The first-order valence-corrected chi connectivity index (χ1v) is 8.97. The van der Waals surface area contributed by atoms with Gasteiger partial charge < -0.3 is 15.4 Å². The van der Waals surface area contributed by atoms with Gasteiger partial charge in [0, 0.05) is 23.4 Å². The van der Waals surface area contributed by atoms with E-state index in [1.807, 2.05) is 6.92 Å². The first kappa shape index (κ1) is 18.5. The molecule has 1 aliphatic rings. The molecule has 0 radical (unpaired) electrons. The van der Waals surface area contributed by atoms with Crippen molar-refractivity contribution in [2.24, 2.45) is 0 Å². The van der Waals surface area contributed by atoms with Gasteiger partial charge in [0.1, 0.15) is 5.75 Å². The maximum atomic E-state index is 12.2. The highest BCUT2D eigenvalue weighted by Crippen LogP contribution is 2.26. The molecule has 136 valence electrons. The van der Waals surface area contributed by atoms with E-state index >= 15 is 0 Å². The lowest BCUT2D eigenvalue weighted by atomic mass is 10.1. The van der Waals surface area contributed by atoms with E-state index in [2.05, 4.69) is 10.6 Å². The number of hydrogen-bond acceptors (Lipinski definition) is 3. The number of halogens is 2. The van der Waals surface area contributed by atoms with E-state index in [1.54, 1.807) is 36.4 Å². The zero-order valence-corrected chi connectivity index (χ0v) is 15.7. The third-order valence-electron chi connectivity index (χ3n) is 3.95. The van der Waals surface area contributed by atoms with E-state index in [4.69, 9.17) is 27.9 Å². The van der Waals surface area contributed by atoms with E-state index < -0.39 is 0 Å². The van der Waals surface area contributed by atoms with Crippen molar-refractivity contribution in [1.82, 2.24) is 5.32 Å². The van der Waals surface area contributed by atoms with Gasteiger partial charge in [0.05, 0.1) is 10.0 Å². The quantitative estimate of drug-likeness (QED) is 0.773. The number of nitrogens with one attached hydrogen (secondary N) is 2. The summed E-state index contributed by atoms with van der Waals surface area (Å²) in [6.07, 6.45) is 2.04. The Balaban J connectivity index is 1.60. The average molecular weight is 393 g/mol. The van der Waals surface area contributed by atoms with Gasteiger partial charge >= 0.3 is 0 Å². The highest BCUT2D eigenvalue weighted by Gasteiger charge is 2.24. The van der Waals surface area contributed by atoms with Gasteiger partial charge in [-0.25, -0.2) is 0 Å². The van der Waals surface area contributed by atoms with E-state index in [9.17, 15) is 9.59 Å². The van der Waals surface area contributed by atoms with E-state index in [-0.39, 0.29) is 24.5 Å². The number of carbonyl (C=O) groups excluding carboxylic acids is 2. The first-order chi connectivity index (χ1) is 12.4. The number of hydrogen-bond donors (Lipinski definition) is 2. The normalized spacial score (nSPS) is 13.2. The Hall–Kier alpha value is -2.24. The second-order valence-corrected chi connectivity index (χ2v) is 7.00. The van der Waals surface area contributed by atoms with Crippen LogP contribution in [-0.2, 0) is 4.79 Å². The van der Waals surface area contributed by atoms with Crippen LogP contribution < -0.4 is 15.4 Å². The van der Waals surface area contributed by atoms with Gasteiger partial charge in [0.15, 0.2) is 6.61 Å². The summed E-state index contributed by atoms with van der Waals surface area (Å²) in [5.41, 5.74) is 1.95. The summed E-state index contributed by atoms with van der Waals surface area (Å²) in [7, 11) is 0. The Morgan fingerprint density at radius 1 is 1.12 bits per heavy atom. The smallest absolute Gasteiger partial charge is 0.262 e. The van der Waals surface area contributed by atoms with E-state index in [1.165, 1.54) is 0 Å². The molecular formula is C19H18Cl2N2O3. The zero-order valence-electron chi connectivity index (χ0n) is 14.1. The van der Waals surface area contributed by atoms with Gasteiger partial charge in [0.2, 0.25) is 0 Å². The fraction of sp³-hybridized carbons (Fsp3) is 0.263. The molecule has 2 aromatic carbocycles. The number of aryl methyl sites for hydroxylation is 1. The maximum Gasteiger partial charge on any atom is 0.262 e. The van der Waals surface area contributed by atoms with Crippen molar-refractivity contribution in [3.63, 3.8) is 0 Å². The van der Waals surface area contributed by atoms with Crippen LogP contribution in [0.1, 0.15) is 28.8 Å². The Morgan fingerprint density at radius 3 is 2.58 bits per heavy atom. The zero-order chi connectivity index (χ0) is 18.7. The molecule has 0 bridgehead atoms. The predicted molar refractivity (Wildman–Crippen MR) is 102 cm³/mol. The fourth-order valence-electron chi connectivity index (χ4n) is 2.30. The number of benzene rings is 2. The molecule has 5 nitrogen and oxygen atoms in total. The topological polar surface area (TPSA) is 67.4 Å². The summed E-state index contributed by atoms with van der Waals surface area (Å²) in [5.74, 6) is -0.0159. The third kappa shape index (κ3) is 4.90. The molecule has 1 saturated carbocycles. The second-order valence-electron chi connectivity index (χ2n) is 6.19. The molecule has 3 rings (SSSR count). The maximum absolute atomic E-state index is 12.2. The van der Waals surface area contributed by atoms with Crippen molar-refractivity contribution in [1.29, 1.82) is 0 Å². The van der Waals surface area contributed by atoms with Gasteiger partial charge in [-0.1, -0.05) is 29.3 Å². The average Bonchev–Trinajstić information content (AvgIpc) is 3.42. The largest absolute Gasteiger partial charge is 0.484 e. The Labute approximate surface area is 161 Å². The van der Waals surface area contributed by atoms with Crippen molar-refractivity contribution >= 4 is 40.7 Å². The van der Waals surface area contributed by atoms with Gasteiger partial charge in [-0.2, -0.15) is 0 Å². The van der Waals surface area contributed by atoms with Crippen molar-refractivity contribution in [3.05, 3.63) is 57.6 Å². The fourth-order valence-corrected chi connectivity index (χ4v) is 2.58. The lowest BCUT2D eigenvalue weighted by molar-refractivity contribution is -0.118. The molecule has 0 spiro atoms. The lowest BCUT2D eigenvalue weighted by Crippen LogP contribution is -2.26. The van der Waals surface area contributed by atoms with Crippen LogP contribution in [0.4, 0.5) is 5.69 Å². The van der Waals surface area contributed by atoms with Crippen LogP contribution in [0.15, 0.2) is 36.4 Å². The van der Waals surface area contributed by atoms with Gasteiger partial charge in [-0.15, -0.1) is 0 Å². The molecule has 7 heteroatoms. The molecule has 1 aliphatic carbocycles. The van der Waals surface area contributed by atoms with Crippen LogP contribution >= 0.6 is 23.2 Å². The van der Waals surface area contributed by atoms with Crippen molar-refractivity contribution in [2.45, 2.75) is 25.8 Å². The molecule has 0 saturated heterocycles. The number of carbonyl (C=O) groups is 2. The number of ether oxygens (including phenoxy) is 1. The minimum absolute atomic E-state index is 0.130. The second kappa shape index (κ2) is 7.98. The molecular weight excluding hydrogens is 375 g/mol. The molecule has 26 heavy (non-hydrogen) atoms. The van der Waals surface area contributed by atoms with Crippen LogP contribution in [0, 0.1) is 6.92 Å². The molecule has 0 unspecified atom stereocenters. The molecule has 2 amide bonds. The summed E-state index contributed by atoms with van der Waals surface area (Å²) < 4.78 is 5.42. The molecule has 0 atom stereocenters. The summed E-state index contributed by atoms with van der Waals surface area (Å²) in [6.45, 7) is 1.67. The minimum atomic E-state index is -0.334. The van der Waals surface area contributed by atoms with Crippen LogP contribution in [0.2, 0.25) is 10.0 Å². The van der Waals surface area contributed by atoms with Crippen molar-refractivity contribution < 1.29 is 14.3 Å². The van der Waals surface area contributed by atoms with Crippen LogP contribution in [-0.4, -0.2) is 24.5 Å². The number of rotatable bonds is 6. The standard InChI is InChI=1S/C19H18Cl2N2O3/c1-11-2-3-12(19(25)22-13-4-5-13)8-17(11)23-18(24)10-26-14-6-7-15(20)16(21)9-14/h2-3,6-9,13H,4-5,10H2,1H3,(H,22,25)(H,23,24). The van der Waals surface area contributed by atoms with E-state index in [0.717, 1.165) is 18.4 Å². The Morgan fingerprint density at radius 2 is 1.88 bits per heavy atom. The van der Waals surface area contributed by atoms with Crippen LogP contribution in [0.3, 0.4) is 0 Å². The Bertz CT molecular complexity index is 851. The summed E-state index contributed by atoms with van der Waals surface area (Å²) in [4.78, 5) is 24.3. The van der Waals surface area contributed by atoms with Gasteiger partial charge in [-0.3, -0.25) is 9.59 Å². The van der Waals surface area contributed by atoms with Crippen molar-refractivity contribution in [2.75, 3.05) is 11.9 Å². The van der Waals surface area contributed by atoms with Crippen LogP contribution in [0.5, 0.6) is 5.75 Å². The lowest BCUT2D eigenvalue weighted by Gasteiger charge is -2.12. The minimum Gasteiger partial charge on any atom is -0.484 e.